The zero-order valence-electron chi connectivity index (χ0n) is 19.7. The summed E-state index contributed by atoms with van der Waals surface area (Å²) in [5, 5.41) is 10.9. The Morgan fingerprint density at radius 1 is 1.14 bits per heavy atom. The minimum Gasteiger partial charge on any atom is -0.461 e. The van der Waals surface area contributed by atoms with Crippen molar-refractivity contribution >= 4 is 35.1 Å². The van der Waals surface area contributed by atoms with Crippen LogP contribution in [0.5, 0.6) is 0 Å². The first kappa shape index (κ1) is 24.0. The lowest BCUT2D eigenvalue weighted by atomic mass is 9.78. The Hall–Kier alpha value is -2.68. The summed E-state index contributed by atoms with van der Waals surface area (Å²) < 4.78 is 11.8. The van der Waals surface area contributed by atoms with E-state index in [4.69, 9.17) is 21.1 Å². The summed E-state index contributed by atoms with van der Waals surface area (Å²) in [6.07, 6.45) is 6.85. The van der Waals surface area contributed by atoms with Gasteiger partial charge in [-0.25, -0.2) is 0 Å². The molecule has 1 spiro atoms. The molecule has 4 aliphatic heterocycles. The number of nitrogens with zero attached hydrogens (tertiary/aromatic N) is 2. The lowest BCUT2D eigenvalue weighted by Crippen LogP contribution is -2.58. The predicted molar refractivity (Wildman–Crippen MR) is 129 cm³/mol. The summed E-state index contributed by atoms with van der Waals surface area (Å²) in [6.45, 7) is 4.06. The SMILES string of the molecule is CC(C)C[C@H](CO)N1C(=O)[C@@H]2[C@@H]3C(=O)OCC=C[C@@H]3O[C@@]23C=CCN(c2ccc(Cl)cc2)C(=O)C13. The van der Waals surface area contributed by atoms with Crippen molar-refractivity contribution in [2.45, 2.75) is 44.1 Å². The highest BCUT2D eigenvalue weighted by atomic mass is 35.5. The molecule has 2 saturated heterocycles. The molecule has 1 unspecified atom stereocenters. The van der Waals surface area contributed by atoms with Crippen LogP contribution < -0.4 is 4.90 Å². The molecular weight excluding hydrogens is 472 g/mol. The highest BCUT2D eigenvalue weighted by molar-refractivity contribution is 6.30. The number of esters is 1. The Balaban J connectivity index is 1.64. The van der Waals surface area contributed by atoms with Crippen LogP contribution >= 0.6 is 11.6 Å². The highest BCUT2D eigenvalue weighted by Crippen LogP contribution is 2.54. The molecule has 1 N–H and O–H groups in total. The maximum absolute atomic E-state index is 14.2. The van der Waals surface area contributed by atoms with Gasteiger partial charge in [0.05, 0.1) is 24.7 Å². The van der Waals surface area contributed by atoms with Gasteiger partial charge in [-0.15, -0.1) is 0 Å². The first-order valence-electron chi connectivity index (χ1n) is 12.0. The number of likely N-dealkylation sites (tertiary alicyclic amines) is 1. The maximum Gasteiger partial charge on any atom is 0.313 e. The van der Waals surface area contributed by atoms with Gasteiger partial charge < -0.3 is 24.4 Å². The number of hydrogen-bond donors (Lipinski definition) is 1. The molecule has 4 aliphatic rings. The second kappa shape index (κ2) is 9.08. The van der Waals surface area contributed by atoms with Gasteiger partial charge in [-0.2, -0.15) is 0 Å². The van der Waals surface area contributed by atoms with E-state index in [1.54, 1.807) is 47.4 Å². The minimum absolute atomic E-state index is 0.113. The van der Waals surface area contributed by atoms with Crippen molar-refractivity contribution in [3.05, 3.63) is 53.6 Å². The van der Waals surface area contributed by atoms with E-state index >= 15 is 0 Å². The van der Waals surface area contributed by atoms with Crippen molar-refractivity contribution in [2.24, 2.45) is 17.8 Å². The Morgan fingerprint density at radius 2 is 1.89 bits per heavy atom. The molecule has 5 rings (SSSR count). The number of rotatable bonds is 5. The topological polar surface area (TPSA) is 96.4 Å². The summed E-state index contributed by atoms with van der Waals surface area (Å²) in [7, 11) is 0. The van der Waals surface area contributed by atoms with E-state index in [0.717, 1.165) is 0 Å². The molecule has 9 heteroatoms. The third-order valence-electron chi connectivity index (χ3n) is 7.34. The normalized spacial score (nSPS) is 32.8. The van der Waals surface area contributed by atoms with Gasteiger partial charge in [-0.05, 0) is 42.7 Å². The first-order chi connectivity index (χ1) is 16.8. The first-order valence-corrected chi connectivity index (χ1v) is 12.3. The average molecular weight is 501 g/mol. The van der Waals surface area contributed by atoms with Crippen molar-refractivity contribution in [2.75, 3.05) is 24.7 Å². The molecule has 8 nitrogen and oxygen atoms in total. The third-order valence-corrected chi connectivity index (χ3v) is 7.59. The number of cyclic esters (lactones) is 1. The molecule has 0 radical (unpaired) electrons. The fraction of sp³-hybridized carbons (Fsp3) is 0.500. The van der Waals surface area contributed by atoms with Crippen LogP contribution in [0.1, 0.15) is 20.3 Å². The van der Waals surface area contributed by atoms with Crippen molar-refractivity contribution in [3.8, 4) is 0 Å². The molecule has 0 saturated carbocycles. The van der Waals surface area contributed by atoms with Gasteiger partial charge in [-0.3, -0.25) is 14.4 Å². The van der Waals surface area contributed by atoms with Crippen LogP contribution in [0.4, 0.5) is 5.69 Å². The van der Waals surface area contributed by atoms with Crippen molar-refractivity contribution in [1.82, 2.24) is 4.90 Å². The van der Waals surface area contributed by atoms with Crippen LogP contribution in [-0.2, 0) is 23.9 Å². The van der Waals surface area contributed by atoms with E-state index in [0.29, 0.717) is 17.1 Å². The molecule has 2 amide bonds. The molecule has 2 fully saturated rings. The monoisotopic (exact) mass is 500 g/mol. The van der Waals surface area contributed by atoms with E-state index in [1.807, 2.05) is 19.9 Å². The summed E-state index contributed by atoms with van der Waals surface area (Å²) in [6, 6.07) is 5.27. The van der Waals surface area contributed by atoms with Gasteiger partial charge in [0.25, 0.3) is 5.91 Å². The summed E-state index contributed by atoms with van der Waals surface area (Å²) in [4.78, 5) is 44.3. The maximum atomic E-state index is 14.2. The molecule has 35 heavy (non-hydrogen) atoms. The minimum atomic E-state index is -1.35. The molecule has 6 atom stereocenters. The predicted octanol–water partition coefficient (Wildman–Crippen LogP) is 2.34. The number of benzene rings is 1. The van der Waals surface area contributed by atoms with Crippen molar-refractivity contribution < 1.29 is 29.0 Å². The largest absolute Gasteiger partial charge is 0.461 e. The summed E-state index contributed by atoms with van der Waals surface area (Å²) >= 11 is 6.06. The van der Waals surface area contributed by atoms with Gasteiger partial charge in [-0.1, -0.05) is 43.7 Å². The summed E-state index contributed by atoms with van der Waals surface area (Å²) in [5.41, 5.74) is -0.719. The lowest BCUT2D eigenvalue weighted by Gasteiger charge is -2.39. The number of anilines is 1. The Morgan fingerprint density at radius 3 is 2.57 bits per heavy atom. The quantitative estimate of drug-likeness (QED) is 0.492. The van der Waals surface area contributed by atoms with Crippen LogP contribution in [0, 0.1) is 17.8 Å². The fourth-order valence-electron chi connectivity index (χ4n) is 5.97. The van der Waals surface area contributed by atoms with Crippen LogP contribution in [0.25, 0.3) is 0 Å². The number of amides is 2. The smallest absolute Gasteiger partial charge is 0.313 e. The Bertz CT molecular complexity index is 1090. The van der Waals surface area contributed by atoms with E-state index in [2.05, 4.69) is 0 Å². The number of halogens is 1. The highest BCUT2D eigenvalue weighted by Gasteiger charge is 2.72. The summed E-state index contributed by atoms with van der Waals surface area (Å²) in [5.74, 6) is -2.85. The molecule has 1 aromatic rings. The molecule has 4 heterocycles. The van der Waals surface area contributed by atoms with E-state index in [9.17, 15) is 19.5 Å². The number of ether oxygens (including phenoxy) is 2. The fourth-order valence-corrected chi connectivity index (χ4v) is 6.10. The number of carbonyl (C=O) groups is 3. The Kier molecular flexibility index (Phi) is 6.23. The second-order valence-corrected chi connectivity index (χ2v) is 10.4. The van der Waals surface area contributed by atoms with E-state index < -0.39 is 41.6 Å². The zero-order chi connectivity index (χ0) is 24.9. The van der Waals surface area contributed by atoms with Gasteiger partial charge >= 0.3 is 5.97 Å². The second-order valence-electron chi connectivity index (χ2n) is 9.94. The molecule has 0 bridgehead atoms. The van der Waals surface area contributed by atoms with Gasteiger partial charge in [0.2, 0.25) is 5.91 Å². The lowest BCUT2D eigenvalue weighted by molar-refractivity contribution is -0.153. The van der Waals surface area contributed by atoms with Crippen molar-refractivity contribution in [1.29, 1.82) is 0 Å². The van der Waals surface area contributed by atoms with Crippen LogP contribution in [0.15, 0.2) is 48.6 Å². The standard InChI is InChI=1S/C26H29ClN2O6/c1-15(2)13-18(14-30)29-22-24(32)28(17-8-6-16(27)7-9-17)11-4-10-26(22)21(23(29)31)20-19(35-26)5-3-12-34-25(20)33/h3-10,15,18-22,30H,11-14H2,1-2H3/t18-,19+,20-,21+,22?,26+/m1/s1. The average Bonchev–Trinajstić information content (AvgIpc) is 3.13. The van der Waals surface area contributed by atoms with Gasteiger partial charge in [0.1, 0.15) is 24.2 Å². The van der Waals surface area contributed by atoms with Gasteiger partial charge in [0.15, 0.2) is 0 Å². The van der Waals surface area contributed by atoms with Gasteiger partial charge in [0, 0.05) is 17.3 Å². The molecular formula is C26H29ClN2O6. The number of carbonyl (C=O) groups excluding carboxylic acids is 3. The molecule has 0 aromatic heterocycles. The molecule has 1 aromatic carbocycles. The van der Waals surface area contributed by atoms with Crippen LogP contribution in [-0.4, -0.2) is 71.3 Å². The van der Waals surface area contributed by atoms with Crippen LogP contribution in [0.2, 0.25) is 5.02 Å². The molecule has 0 aliphatic carbocycles. The number of aliphatic hydroxyl groups excluding tert-OH is 1. The number of fused-ring (bicyclic) bond motifs is 2. The van der Waals surface area contributed by atoms with Crippen molar-refractivity contribution in [3.63, 3.8) is 0 Å². The van der Waals surface area contributed by atoms with E-state index in [1.165, 1.54) is 4.90 Å². The Labute approximate surface area is 209 Å². The molecule has 186 valence electrons. The third kappa shape index (κ3) is 3.79. The number of hydrogen-bond acceptors (Lipinski definition) is 6. The van der Waals surface area contributed by atoms with E-state index in [-0.39, 0.29) is 37.5 Å². The van der Waals surface area contributed by atoms with Crippen LogP contribution in [0.3, 0.4) is 0 Å². The number of aliphatic hydroxyl groups is 1. The zero-order valence-corrected chi connectivity index (χ0v) is 20.4.